The molecule has 6 nitrogen and oxygen atoms in total. The molecular weight excluding hydrogens is 244 g/mol. The van der Waals surface area contributed by atoms with Gasteiger partial charge in [-0.2, -0.15) is 13.3 Å². The fourth-order valence-electron chi connectivity index (χ4n) is 1.08. The molecule has 0 atom stereocenters. The van der Waals surface area contributed by atoms with Crippen LogP contribution in [0.5, 0.6) is 0 Å². The van der Waals surface area contributed by atoms with Crippen molar-refractivity contribution in [2.75, 3.05) is 11.9 Å². The number of hydrogen-bond donors (Lipinski definition) is 1. The molecule has 0 spiro atoms. The summed E-state index contributed by atoms with van der Waals surface area (Å²) in [5.74, 6) is -4.12. The summed E-state index contributed by atoms with van der Waals surface area (Å²) in [7, 11) is 0. The maximum Gasteiger partial charge on any atom is 0.324 e. The van der Waals surface area contributed by atoms with E-state index in [0.29, 0.717) is 0 Å². The van der Waals surface area contributed by atoms with Crippen LogP contribution in [0.25, 0.3) is 5.65 Å². The minimum atomic E-state index is -4.13. The highest BCUT2D eigenvalue weighted by Gasteiger charge is 2.40. The van der Waals surface area contributed by atoms with Gasteiger partial charge >= 0.3 is 12.3 Å². The molecule has 2 aromatic heterocycles. The Morgan fingerprint density at radius 3 is 2.82 bits per heavy atom. The lowest BCUT2D eigenvalue weighted by Crippen LogP contribution is -2.35. The Hall–Kier alpha value is -2.00. The van der Waals surface area contributed by atoms with Gasteiger partial charge in [0.2, 0.25) is 0 Å². The van der Waals surface area contributed by atoms with Gasteiger partial charge in [-0.15, -0.1) is 5.10 Å². The molecule has 2 aromatic rings. The molecule has 92 valence electrons. The average molecular weight is 250 g/mol. The summed E-state index contributed by atoms with van der Waals surface area (Å²) in [5, 5.41) is 12.4. The standard InChI is InChI=1S/C7H6F4N6/c8-6(9)7(10,11)3-13-4-1-12-2-5-14-15-16-17(4)5/h1-2,6,13H,3H2. The fraction of sp³-hybridized carbons (Fsp3) is 0.429. The van der Waals surface area contributed by atoms with Crippen molar-refractivity contribution >= 4 is 11.5 Å². The first-order valence-electron chi connectivity index (χ1n) is 4.42. The van der Waals surface area contributed by atoms with Crippen molar-refractivity contribution in [3.05, 3.63) is 12.4 Å². The third-order valence-corrected chi connectivity index (χ3v) is 1.93. The van der Waals surface area contributed by atoms with E-state index in [9.17, 15) is 17.6 Å². The molecule has 0 unspecified atom stereocenters. The summed E-state index contributed by atoms with van der Waals surface area (Å²) in [6, 6.07) is 0. The zero-order chi connectivity index (χ0) is 12.5. The van der Waals surface area contributed by atoms with Crippen LogP contribution in [-0.2, 0) is 0 Å². The van der Waals surface area contributed by atoms with Gasteiger partial charge in [-0.1, -0.05) is 0 Å². The van der Waals surface area contributed by atoms with E-state index in [1.807, 2.05) is 0 Å². The van der Waals surface area contributed by atoms with E-state index < -0.39 is 18.9 Å². The SMILES string of the molecule is FC(F)C(F)(F)CNc1cncc2nnnn12. The third kappa shape index (κ3) is 2.24. The third-order valence-electron chi connectivity index (χ3n) is 1.93. The van der Waals surface area contributed by atoms with E-state index in [4.69, 9.17) is 0 Å². The van der Waals surface area contributed by atoms with E-state index in [-0.39, 0.29) is 11.5 Å². The molecule has 0 saturated heterocycles. The molecule has 0 bridgehead atoms. The molecule has 0 aromatic carbocycles. The molecule has 0 aliphatic rings. The molecule has 0 radical (unpaired) electrons. The zero-order valence-corrected chi connectivity index (χ0v) is 8.19. The summed E-state index contributed by atoms with van der Waals surface area (Å²) < 4.78 is 50.2. The van der Waals surface area contributed by atoms with Gasteiger partial charge in [0.05, 0.1) is 18.9 Å². The first kappa shape index (κ1) is 11.5. The molecule has 0 saturated carbocycles. The van der Waals surface area contributed by atoms with Crippen molar-refractivity contribution in [3.8, 4) is 0 Å². The normalized spacial score (nSPS) is 12.3. The average Bonchev–Trinajstić information content (AvgIpc) is 2.74. The molecule has 0 aliphatic carbocycles. The second kappa shape index (κ2) is 4.11. The van der Waals surface area contributed by atoms with Crippen molar-refractivity contribution in [3.63, 3.8) is 0 Å². The molecule has 0 amide bonds. The molecule has 10 heteroatoms. The second-order valence-electron chi connectivity index (χ2n) is 3.16. The maximum absolute atomic E-state index is 12.7. The predicted octanol–water partition coefficient (Wildman–Crippen LogP) is 0.832. The van der Waals surface area contributed by atoms with Gasteiger partial charge in [0.15, 0.2) is 11.5 Å². The van der Waals surface area contributed by atoms with Gasteiger partial charge in [-0.3, -0.25) is 4.98 Å². The van der Waals surface area contributed by atoms with Crippen LogP contribution in [0.3, 0.4) is 0 Å². The molecule has 2 rings (SSSR count). The smallest absolute Gasteiger partial charge is 0.324 e. The van der Waals surface area contributed by atoms with Crippen molar-refractivity contribution in [1.29, 1.82) is 0 Å². The molecule has 17 heavy (non-hydrogen) atoms. The number of nitrogens with one attached hydrogen (secondary N) is 1. The minimum absolute atomic E-state index is 0.00725. The minimum Gasteiger partial charge on any atom is -0.362 e. The number of alkyl halides is 4. The van der Waals surface area contributed by atoms with Crippen molar-refractivity contribution in [2.24, 2.45) is 0 Å². The van der Waals surface area contributed by atoms with Crippen LogP contribution in [0.4, 0.5) is 23.4 Å². The number of anilines is 1. The molecule has 0 aliphatic heterocycles. The lowest BCUT2D eigenvalue weighted by molar-refractivity contribution is -0.117. The summed E-state index contributed by atoms with van der Waals surface area (Å²) >= 11 is 0. The summed E-state index contributed by atoms with van der Waals surface area (Å²) in [4.78, 5) is 3.67. The fourth-order valence-corrected chi connectivity index (χ4v) is 1.08. The largest absolute Gasteiger partial charge is 0.362 e. The summed E-state index contributed by atoms with van der Waals surface area (Å²) in [6.45, 7) is -1.23. The number of halogens is 4. The van der Waals surface area contributed by atoms with Crippen LogP contribution in [-0.4, -0.2) is 43.9 Å². The first-order chi connectivity index (χ1) is 8.00. The van der Waals surface area contributed by atoms with Crippen molar-refractivity contribution in [1.82, 2.24) is 25.0 Å². The lowest BCUT2D eigenvalue weighted by Gasteiger charge is -2.16. The number of fused-ring (bicyclic) bond motifs is 1. The number of rotatable bonds is 4. The monoisotopic (exact) mass is 250 g/mol. The quantitative estimate of drug-likeness (QED) is 0.814. The van der Waals surface area contributed by atoms with Gasteiger partial charge in [0.25, 0.3) is 0 Å². The van der Waals surface area contributed by atoms with Crippen LogP contribution in [0.1, 0.15) is 0 Å². The summed E-state index contributed by atoms with van der Waals surface area (Å²) in [5.41, 5.74) is 0.218. The van der Waals surface area contributed by atoms with Crippen molar-refractivity contribution in [2.45, 2.75) is 12.3 Å². The highest BCUT2D eigenvalue weighted by Crippen LogP contribution is 2.23. The van der Waals surface area contributed by atoms with Gasteiger partial charge in [0, 0.05) is 0 Å². The van der Waals surface area contributed by atoms with E-state index >= 15 is 0 Å². The number of aromatic nitrogens is 5. The topological polar surface area (TPSA) is 68.0 Å². The Morgan fingerprint density at radius 2 is 2.12 bits per heavy atom. The van der Waals surface area contributed by atoms with Gasteiger partial charge in [0.1, 0.15) is 0 Å². The van der Waals surface area contributed by atoms with Gasteiger partial charge < -0.3 is 5.32 Å². The molecular formula is C7H6F4N6. The number of nitrogens with zero attached hydrogens (tertiary/aromatic N) is 5. The Morgan fingerprint density at radius 1 is 1.35 bits per heavy atom. The first-order valence-corrected chi connectivity index (χ1v) is 4.42. The van der Waals surface area contributed by atoms with Crippen LogP contribution in [0, 0.1) is 0 Å². The van der Waals surface area contributed by atoms with E-state index in [0.717, 1.165) is 10.7 Å². The lowest BCUT2D eigenvalue weighted by atomic mass is 10.3. The van der Waals surface area contributed by atoms with Gasteiger partial charge in [-0.25, -0.2) is 8.78 Å². The van der Waals surface area contributed by atoms with Crippen LogP contribution in [0.2, 0.25) is 0 Å². The number of tetrazole rings is 1. The van der Waals surface area contributed by atoms with E-state index in [2.05, 4.69) is 25.8 Å². The maximum atomic E-state index is 12.7. The van der Waals surface area contributed by atoms with Crippen molar-refractivity contribution < 1.29 is 17.6 Å². The van der Waals surface area contributed by atoms with Crippen LogP contribution >= 0.6 is 0 Å². The zero-order valence-electron chi connectivity index (χ0n) is 8.19. The molecule has 0 fully saturated rings. The van der Waals surface area contributed by atoms with E-state index in [1.54, 1.807) is 0 Å². The van der Waals surface area contributed by atoms with Gasteiger partial charge in [-0.05, 0) is 10.4 Å². The molecule has 2 heterocycles. The summed E-state index contributed by atoms with van der Waals surface area (Å²) in [6.07, 6.45) is -1.28. The Kier molecular flexibility index (Phi) is 2.77. The Balaban J connectivity index is 2.17. The Labute approximate surface area is 91.6 Å². The van der Waals surface area contributed by atoms with Crippen LogP contribution in [0.15, 0.2) is 12.4 Å². The number of hydrogen-bond acceptors (Lipinski definition) is 5. The predicted molar refractivity (Wildman–Crippen MR) is 48.0 cm³/mol. The molecule has 1 N–H and O–H groups in total. The highest BCUT2D eigenvalue weighted by molar-refractivity contribution is 5.43. The van der Waals surface area contributed by atoms with Crippen LogP contribution < -0.4 is 5.32 Å². The van der Waals surface area contributed by atoms with E-state index in [1.165, 1.54) is 6.20 Å². The second-order valence-corrected chi connectivity index (χ2v) is 3.16. The highest BCUT2D eigenvalue weighted by atomic mass is 19.3. The Bertz CT molecular complexity index is 512.